The van der Waals surface area contributed by atoms with E-state index < -0.39 is 21.7 Å². The Bertz CT molecular complexity index is 1140. The predicted octanol–water partition coefficient (Wildman–Crippen LogP) is 2.84. The van der Waals surface area contributed by atoms with Crippen molar-refractivity contribution < 1.29 is 13.2 Å². The number of rotatable bonds is 5. The van der Waals surface area contributed by atoms with E-state index in [-0.39, 0.29) is 16.3 Å². The first-order chi connectivity index (χ1) is 13.5. The van der Waals surface area contributed by atoms with Crippen LogP contribution in [0.2, 0.25) is 0 Å². The number of carbonyl (C=O) groups excluding carboxylic acids is 1. The highest BCUT2D eigenvalue weighted by molar-refractivity contribution is 7.89. The summed E-state index contributed by atoms with van der Waals surface area (Å²) in [5.74, 6) is -1.23. The zero-order chi connectivity index (χ0) is 19.7. The van der Waals surface area contributed by atoms with E-state index in [1.54, 1.807) is 6.07 Å². The molecular weight excluding hydrogens is 376 g/mol. The van der Waals surface area contributed by atoms with Crippen LogP contribution in [0.5, 0.6) is 0 Å². The van der Waals surface area contributed by atoms with Gasteiger partial charge in [-0.05, 0) is 37.1 Å². The molecule has 28 heavy (non-hydrogen) atoms. The van der Waals surface area contributed by atoms with Gasteiger partial charge in [-0.3, -0.25) is 4.79 Å². The highest BCUT2D eigenvalue weighted by Gasteiger charge is 2.28. The summed E-state index contributed by atoms with van der Waals surface area (Å²) in [7, 11) is -3.54. The molecule has 0 unspecified atom stereocenters. The van der Waals surface area contributed by atoms with E-state index in [0.29, 0.717) is 18.6 Å². The van der Waals surface area contributed by atoms with Gasteiger partial charge < -0.3 is 4.98 Å². The third-order valence-electron chi connectivity index (χ3n) is 4.91. The number of para-hydroxylation sites is 2. The molecule has 0 saturated carbocycles. The van der Waals surface area contributed by atoms with Crippen LogP contribution in [-0.2, 0) is 10.0 Å². The second-order valence-electron chi connectivity index (χ2n) is 6.70. The second kappa shape index (κ2) is 7.19. The second-order valence-corrected chi connectivity index (χ2v) is 8.64. The van der Waals surface area contributed by atoms with Crippen LogP contribution >= 0.6 is 0 Å². The number of nitriles is 1. The maximum absolute atomic E-state index is 12.8. The molecule has 1 aliphatic rings. The SMILES string of the molecule is N#C[C@H](C(=O)c1ccc(S(=O)(=O)N2CCCC2)cc1)c1nc2ccccc2[nH]1. The molecule has 1 aromatic heterocycles. The van der Waals surface area contributed by atoms with Crippen molar-refractivity contribution in [3.8, 4) is 6.07 Å². The number of hydrogen-bond acceptors (Lipinski definition) is 5. The first-order valence-electron chi connectivity index (χ1n) is 8.99. The van der Waals surface area contributed by atoms with E-state index in [1.165, 1.54) is 28.6 Å². The lowest BCUT2D eigenvalue weighted by atomic mass is 9.98. The van der Waals surface area contributed by atoms with Crippen LogP contribution in [0.4, 0.5) is 0 Å². The first kappa shape index (κ1) is 18.3. The van der Waals surface area contributed by atoms with Gasteiger partial charge in [-0.1, -0.05) is 24.3 Å². The van der Waals surface area contributed by atoms with Crippen LogP contribution in [0.1, 0.15) is 34.9 Å². The van der Waals surface area contributed by atoms with Crippen LogP contribution in [0.3, 0.4) is 0 Å². The Balaban J connectivity index is 1.61. The fourth-order valence-electron chi connectivity index (χ4n) is 3.39. The van der Waals surface area contributed by atoms with Gasteiger partial charge in [0.2, 0.25) is 10.0 Å². The molecule has 2 aromatic carbocycles. The van der Waals surface area contributed by atoms with Gasteiger partial charge in [-0.15, -0.1) is 0 Å². The minimum Gasteiger partial charge on any atom is -0.340 e. The Morgan fingerprint density at radius 1 is 1.11 bits per heavy atom. The molecule has 1 fully saturated rings. The van der Waals surface area contributed by atoms with Crippen LogP contribution in [0.15, 0.2) is 53.4 Å². The molecule has 3 aromatic rings. The third-order valence-corrected chi connectivity index (χ3v) is 6.83. The fraction of sp³-hybridized carbons (Fsp3) is 0.250. The molecule has 7 nitrogen and oxygen atoms in total. The number of ketones is 1. The molecule has 2 heterocycles. The predicted molar refractivity (Wildman–Crippen MR) is 103 cm³/mol. The molecule has 0 amide bonds. The molecule has 8 heteroatoms. The average molecular weight is 394 g/mol. The Hall–Kier alpha value is -3.02. The number of benzene rings is 2. The normalized spacial score (nSPS) is 16.1. The minimum atomic E-state index is -3.54. The van der Waals surface area contributed by atoms with Crippen molar-refractivity contribution in [2.45, 2.75) is 23.7 Å². The number of sulfonamides is 1. The highest BCUT2D eigenvalue weighted by Crippen LogP contribution is 2.24. The molecule has 1 N–H and O–H groups in total. The number of imidazole rings is 1. The van der Waals surface area contributed by atoms with Gasteiger partial charge in [-0.2, -0.15) is 9.57 Å². The molecule has 1 aliphatic heterocycles. The van der Waals surface area contributed by atoms with Crippen molar-refractivity contribution in [3.05, 3.63) is 59.9 Å². The van der Waals surface area contributed by atoms with Crippen molar-refractivity contribution in [1.82, 2.24) is 14.3 Å². The van der Waals surface area contributed by atoms with Crippen LogP contribution in [-0.4, -0.2) is 41.6 Å². The summed E-state index contributed by atoms with van der Waals surface area (Å²) in [6.45, 7) is 1.04. The van der Waals surface area contributed by atoms with Crippen LogP contribution < -0.4 is 0 Å². The number of nitrogens with zero attached hydrogens (tertiary/aromatic N) is 3. The smallest absolute Gasteiger partial charge is 0.243 e. The fourth-order valence-corrected chi connectivity index (χ4v) is 4.91. The highest BCUT2D eigenvalue weighted by atomic mass is 32.2. The van der Waals surface area contributed by atoms with Gasteiger partial charge in [-0.25, -0.2) is 13.4 Å². The molecule has 0 spiro atoms. The zero-order valence-corrected chi connectivity index (χ0v) is 15.8. The summed E-state index contributed by atoms with van der Waals surface area (Å²) in [5.41, 5.74) is 1.70. The lowest BCUT2D eigenvalue weighted by molar-refractivity contribution is 0.0976. The standard InChI is InChI=1S/C20H18N4O3S/c21-13-16(20-22-17-5-1-2-6-18(17)23-20)19(25)14-7-9-15(10-8-14)28(26,27)24-11-3-4-12-24/h1-2,5-10,16H,3-4,11-12H2,(H,22,23)/t16-/m1/s1. The van der Waals surface area contributed by atoms with Gasteiger partial charge in [0.15, 0.2) is 11.7 Å². The number of H-pyrrole nitrogens is 1. The summed E-state index contributed by atoms with van der Waals surface area (Å²) in [5, 5.41) is 9.53. The lowest BCUT2D eigenvalue weighted by Crippen LogP contribution is -2.27. The molecule has 0 bridgehead atoms. The van der Waals surface area contributed by atoms with Gasteiger partial charge in [0.25, 0.3) is 0 Å². The van der Waals surface area contributed by atoms with E-state index in [2.05, 4.69) is 9.97 Å². The average Bonchev–Trinajstić information content (AvgIpc) is 3.39. The molecule has 0 aliphatic carbocycles. The van der Waals surface area contributed by atoms with E-state index in [9.17, 15) is 18.5 Å². The maximum Gasteiger partial charge on any atom is 0.243 e. The van der Waals surface area contributed by atoms with E-state index in [1.807, 2.05) is 24.3 Å². The topological polar surface area (TPSA) is 107 Å². The van der Waals surface area contributed by atoms with Crippen molar-refractivity contribution in [2.75, 3.05) is 13.1 Å². The van der Waals surface area contributed by atoms with Gasteiger partial charge in [0.1, 0.15) is 5.82 Å². The molecular formula is C20H18N4O3S. The zero-order valence-electron chi connectivity index (χ0n) is 15.0. The summed E-state index contributed by atoms with van der Waals surface area (Å²) in [4.78, 5) is 20.3. The van der Waals surface area contributed by atoms with Crippen molar-refractivity contribution in [1.29, 1.82) is 5.26 Å². The van der Waals surface area contributed by atoms with Gasteiger partial charge >= 0.3 is 0 Å². The minimum absolute atomic E-state index is 0.156. The molecule has 0 radical (unpaired) electrons. The number of aromatic amines is 1. The van der Waals surface area contributed by atoms with Crippen molar-refractivity contribution in [2.24, 2.45) is 0 Å². The molecule has 1 atom stereocenters. The van der Waals surface area contributed by atoms with E-state index in [4.69, 9.17) is 0 Å². The molecule has 4 rings (SSSR count). The van der Waals surface area contributed by atoms with Crippen LogP contribution in [0.25, 0.3) is 11.0 Å². The number of Topliss-reactive ketones (excluding diaryl/α,β-unsaturated/α-hetero) is 1. The van der Waals surface area contributed by atoms with Crippen molar-refractivity contribution >= 4 is 26.8 Å². The number of fused-ring (bicyclic) bond motifs is 1. The summed E-state index contributed by atoms with van der Waals surface area (Å²) >= 11 is 0. The number of nitrogens with one attached hydrogen (secondary N) is 1. The molecule has 142 valence electrons. The third kappa shape index (κ3) is 3.19. The Morgan fingerprint density at radius 2 is 1.79 bits per heavy atom. The lowest BCUT2D eigenvalue weighted by Gasteiger charge is -2.15. The number of carbonyl (C=O) groups is 1. The molecule has 1 saturated heterocycles. The van der Waals surface area contributed by atoms with E-state index in [0.717, 1.165) is 18.4 Å². The van der Waals surface area contributed by atoms with Gasteiger partial charge in [0.05, 0.1) is 22.0 Å². The Kier molecular flexibility index (Phi) is 4.71. The quantitative estimate of drug-likeness (QED) is 0.670. The first-order valence-corrected chi connectivity index (χ1v) is 10.4. The number of hydrogen-bond donors (Lipinski definition) is 1. The Labute approximate surface area is 162 Å². The number of aromatic nitrogens is 2. The summed E-state index contributed by atoms with van der Waals surface area (Å²) in [6.07, 6.45) is 1.72. The summed E-state index contributed by atoms with van der Waals surface area (Å²) < 4.78 is 26.7. The monoisotopic (exact) mass is 394 g/mol. The van der Waals surface area contributed by atoms with Gasteiger partial charge in [0, 0.05) is 18.7 Å². The largest absolute Gasteiger partial charge is 0.340 e. The summed E-state index contributed by atoms with van der Waals surface area (Å²) in [6, 6.07) is 15.0. The Morgan fingerprint density at radius 3 is 2.43 bits per heavy atom. The van der Waals surface area contributed by atoms with E-state index >= 15 is 0 Å². The van der Waals surface area contributed by atoms with Crippen LogP contribution in [0, 0.1) is 11.3 Å². The maximum atomic E-state index is 12.8. The van der Waals surface area contributed by atoms with Crippen molar-refractivity contribution in [3.63, 3.8) is 0 Å².